The first kappa shape index (κ1) is 19.8. The van der Waals surface area contributed by atoms with Crippen LogP contribution < -0.4 is 9.47 Å². The highest BCUT2D eigenvalue weighted by Crippen LogP contribution is 2.37. The summed E-state index contributed by atoms with van der Waals surface area (Å²) >= 11 is 3.50. The van der Waals surface area contributed by atoms with Gasteiger partial charge >= 0.3 is 0 Å². The predicted molar refractivity (Wildman–Crippen MR) is 116 cm³/mol. The number of carbonyl (C=O) groups excluding carboxylic acids is 1. The Hall–Kier alpha value is -2.54. The zero-order valence-electron chi connectivity index (χ0n) is 16.6. The van der Waals surface area contributed by atoms with Gasteiger partial charge in [-0.3, -0.25) is 4.79 Å². The van der Waals surface area contributed by atoms with Gasteiger partial charge in [-0.05, 0) is 60.0 Å². The normalized spacial score (nSPS) is 14.9. The molecule has 0 aliphatic carbocycles. The monoisotopic (exact) mass is 457 g/mol. The molecule has 0 saturated carbocycles. The van der Waals surface area contributed by atoms with Crippen molar-refractivity contribution in [3.63, 3.8) is 0 Å². The van der Waals surface area contributed by atoms with Crippen molar-refractivity contribution in [1.29, 1.82) is 0 Å². The fourth-order valence-electron chi connectivity index (χ4n) is 3.83. The molecule has 1 fully saturated rings. The van der Waals surface area contributed by atoms with Crippen molar-refractivity contribution in [1.82, 2.24) is 14.9 Å². The number of imidazole rings is 1. The summed E-state index contributed by atoms with van der Waals surface area (Å²) in [6.45, 7) is 3.84. The molecule has 1 aliphatic rings. The van der Waals surface area contributed by atoms with E-state index in [-0.39, 0.29) is 5.91 Å². The van der Waals surface area contributed by atoms with E-state index in [0.717, 1.165) is 34.2 Å². The molecular formula is C22H24BrN3O3. The first-order chi connectivity index (χ1) is 14.1. The third kappa shape index (κ3) is 3.96. The van der Waals surface area contributed by atoms with Crippen molar-refractivity contribution in [2.24, 2.45) is 0 Å². The summed E-state index contributed by atoms with van der Waals surface area (Å²) < 4.78 is 11.8. The van der Waals surface area contributed by atoms with Crippen LogP contribution in [-0.4, -0.2) is 47.6 Å². The van der Waals surface area contributed by atoms with Crippen LogP contribution >= 0.6 is 15.9 Å². The molecule has 3 aromatic rings. The van der Waals surface area contributed by atoms with E-state index in [1.54, 1.807) is 19.2 Å². The number of benzene rings is 2. The van der Waals surface area contributed by atoms with Gasteiger partial charge < -0.3 is 19.4 Å². The van der Waals surface area contributed by atoms with Crippen molar-refractivity contribution < 1.29 is 14.3 Å². The highest BCUT2D eigenvalue weighted by molar-refractivity contribution is 9.10. The Kier molecular flexibility index (Phi) is 5.76. The largest absolute Gasteiger partial charge is 0.493 e. The fraction of sp³-hybridized carbons (Fsp3) is 0.364. The number of carbonyl (C=O) groups is 1. The van der Waals surface area contributed by atoms with E-state index in [9.17, 15) is 4.79 Å². The van der Waals surface area contributed by atoms with Gasteiger partial charge in [0.1, 0.15) is 5.82 Å². The minimum atomic E-state index is 0.00936. The molecule has 1 aromatic heterocycles. The lowest BCUT2D eigenvalue weighted by Crippen LogP contribution is -2.38. The van der Waals surface area contributed by atoms with Crippen LogP contribution in [-0.2, 0) is 0 Å². The van der Waals surface area contributed by atoms with Crippen molar-refractivity contribution >= 4 is 32.9 Å². The van der Waals surface area contributed by atoms with Crippen LogP contribution in [0.15, 0.2) is 40.9 Å². The van der Waals surface area contributed by atoms with Crippen LogP contribution in [0.5, 0.6) is 11.5 Å². The third-order valence-corrected chi connectivity index (χ3v) is 5.93. The summed E-state index contributed by atoms with van der Waals surface area (Å²) in [4.78, 5) is 23.1. The maximum Gasteiger partial charge on any atom is 0.254 e. The number of hydrogen-bond donors (Lipinski definition) is 1. The molecule has 29 heavy (non-hydrogen) atoms. The molecule has 7 heteroatoms. The van der Waals surface area contributed by atoms with Crippen LogP contribution in [0.25, 0.3) is 11.0 Å². The Morgan fingerprint density at radius 1 is 1.28 bits per heavy atom. The van der Waals surface area contributed by atoms with Crippen LogP contribution in [0, 0.1) is 0 Å². The van der Waals surface area contributed by atoms with E-state index in [2.05, 4.69) is 20.9 Å². The molecule has 4 rings (SSSR count). The van der Waals surface area contributed by atoms with E-state index in [0.29, 0.717) is 42.7 Å². The van der Waals surface area contributed by atoms with Crippen molar-refractivity contribution in [2.75, 3.05) is 26.8 Å². The number of fused-ring (bicyclic) bond motifs is 1. The quantitative estimate of drug-likeness (QED) is 0.599. The standard InChI is InChI=1S/C22H24BrN3O3/c1-3-29-20-16(23)12-15(13-19(20)28-2)22(27)26-10-8-14(9-11-26)21-24-17-6-4-5-7-18(17)25-21/h4-7,12-14H,3,8-11H2,1-2H3,(H,24,25). The van der Waals surface area contributed by atoms with Crippen molar-refractivity contribution in [2.45, 2.75) is 25.7 Å². The highest BCUT2D eigenvalue weighted by Gasteiger charge is 2.27. The van der Waals surface area contributed by atoms with E-state index in [1.165, 1.54) is 0 Å². The van der Waals surface area contributed by atoms with Gasteiger partial charge in [0.05, 0.1) is 29.2 Å². The first-order valence-corrected chi connectivity index (χ1v) is 10.6. The summed E-state index contributed by atoms with van der Waals surface area (Å²) in [5, 5.41) is 0. The Morgan fingerprint density at radius 2 is 2.03 bits per heavy atom. The second-order valence-corrected chi connectivity index (χ2v) is 7.98. The first-order valence-electron chi connectivity index (χ1n) is 9.85. The number of nitrogens with zero attached hydrogens (tertiary/aromatic N) is 2. The van der Waals surface area contributed by atoms with Gasteiger partial charge in [-0.1, -0.05) is 12.1 Å². The SMILES string of the molecule is CCOc1c(Br)cc(C(=O)N2CCC(c3nc4ccccc4[nH]3)CC2)cc1OC. The van der Waals surface area contributed by atoms with Gasteiger partial charge in [0, 0.05) is 24.6 Å². The molecule has 1 N–H and O–H groups in total. The Balaban J connectivity index is 1.47. The van der Waals surface area contributed by atoms with Crippen molar-refractivity contribution in [3.05, 3.63) is 52.3 Å². The number of piperidine rings is 1. The summed E-state index contributed by atoms with van der Waals surface area (Å²) in [5.41, 5.74) is 2.65. The average Bonchev–Trinajstić information content (AvgIpc) is 3.19. The lowest BCUT2D eigenvalue weighted by atomic mass is 9.95. The molecule has 0 spiro atoms. The van der Waals surface area contributed by atoms with Gasteiger partial charge in [0.25, 0.3) is 5.91 Å². The number of rotatable bonds is 5. The van der Waals surface area contributed by atoms with Crippen LogP contribution in [0.2, 0.25) is 0 Å². The zero-order chi connectivity index (χ0) is 20.4. The highest BCUT2D eigenvalue weighted by atomic mass is 79.9. The number of para-hydroxylation sites is 2. The van der Waals surface area contributed by atoms with Gasteiger partial charge in [-0.25, -0.2) is 4.98 Å². The zero-order valence-corrected chi connectivity index (χ0v) is 18.2. The number of nitrogens with one attached hydrogen (secondary N) is 1. The van der Waals surface area contributed by atoms with Crippen LogP contribution in [0.4, 0.5) is 0 Å². The average molecular weight is 458 g/mol. The maximum atomic E-state index is 13.1. The molecule has 152 valence electrons. The molecule has 0 atom stereocenters. The van der Waals surface area contributed by atoms with Gasteiger partial charge in [0.15, 0.2) is 11.5 Å². The van der Waals surface area contributed by atoms with E-state index >= 15 is 0 Å². The number of amides is 1. The van der Waals surface area contributed by atoms with Crippen LogP contribution in [0.1, 0.15) is 41.9 Å². The summed E-state index contributed by atoms with van der Waals surface area (Å²) in [6.07, 6.45) is 1.78. The Labute approximate surface area is 178 Å². The van der Waals surface area contributed by atoms with E-state index in [4.69, 9.17) is 14.5 Å². The number of halogens is 1. The molecule has 1 saturated heterocycles. The molecular weight excluding hydrogens is 434 g/mol. The molecule has 1 amide bonds. The molecule has 0 radical (unpaired) electrons. The summed E-state index contributed by atoms with van der Waals surface area (Å²) in [5.74, 6) is 2.55. The van der Waals surface area contributed by atoms with E-state index in [1.807, 2.05) is 36.1 Å². The third-order valence-electron chi connectivity index (χ3n) is 5.34. The maximum absolute atomic E-state index is 13.1. The van der Waals surface area contributed by atoms with Crippen molar-refractivity contribution in [3.8, 4) is 11.5 Å². The molecule has 6 nitrogen and oxygen atoms in total. The number of aromatic nitrogens is 2. The lowest BCUT2D eigenvalue weighted by molar-refractivity contribution is 0.0710. The summed E-state index contributed by atoms with van der Waals surface area (Å²) in [6, 6.07) is 11.6. The minimum Gasteiger partial charge on any atom is -0.493 e. The number of hydrogen-bond acceptors (Lipinski definition) is 4. The van der Waals surface area contributed by atoms with Gasteiger partial charge in [0.2, 0.25) is 0 Å². The number of ether oxygens (including phenoxy) is 2. The molecule has 1 aliphatic heterocycles. The molecule has 0 unspecified atom stereocenters. The molecule has 2 heterocycles. The summed E-state index contributed by atoms with van der Waals surface area (Å²) in [7, 11) is 1.58. The smallest absolute Gasteiger partial charge is 0.254 e. The predicted octanol–water partition coefficient (Wildman–Crippen LogP) is 4.75. The molecule has 0 bridgehead atoms. The van der Waals surface area contributed by atoms with Crippen LogP contribution in [0.3, 0.4) is 0 Å². The molecule has 2 aromatic carbocycles. The number of aromatic amines is 1. The van der Waals surface area contributed by atoms with Gasteiger partial charge in [-0.2, -0.15) is 0 Å². The van der Waals surface area contributed by atoms with Gasteiger partial charge in [-0.15, -0.1) is 0 Å². The Morgan fingerprint density at radius 3 is 2.72 bits per heavy atom. The number of likely N-dealkylation sites (tertiary alicyclic amines) is 1. The van der Waals surface area contributed by atoms with E-state index < -0.39 is 0 Å². The second-order valence-electron chi connectivity index (χ2n) is 7.13. The lowest BCUT2D eigenvalue weighted by Gasteiger charge is -2.31. The minimum absolute atomic E-state index is 0.00936. The number of methoxy groups -OCH3 is 1. The fourth-order valence-corrected chi connectivity index (χ4v) is 4.39. The second kappa shape index (κ2) is 8.45. The Bertz CT molecular complexity index is 992. The topological polar surface area (TPSA) is 67.5 Å². The number of H-pyrrole nitrogens is 1.